The number of nitrogens with two attached hydrogens (primary N) is 1. The molecule has 0 aliphatic heterocycles. The van der Waals surface area contributed by atoms with E-state index >= 15 is 0 Å². The molecule has 17 heavy (non-hydrogen) atoms. The molecule has 2 rings (SSSR count). The molecule has 2 N–H and O–H groups in total. The van der Waals surface area contributed by atoms with Gasteiger partial charge in [-0.05, 0) is 26.3 Å². The summed E-state index contributed by atoms with van der Waals surface area (Å²) in [5, 5.41) is 0. The van der Waals surface area contributed by atoms with E-state index in [4.69, 9.17) is 5.73 Å². The van der Waals surface area contributed by atoms with E-state index in [-0.39, 0.29) is 0 Å². The third-order valence-corrected chi connectivity index (χ3v) is 3.17. The van der Waals surface area contributed by atoms with Crippen LogP contribution in [0, 0.1) is 20.8 Å². The first-order chi connectivity index (χ1) is 7.97. The maximum atomic E-state index is 5.81. The quantitative estimate of drug-likeness (QED) is 0.860. The molecule has 0 radical (unpaired) electrons. The molecule has 3 heteroatoms. The van der Waals surface area contributed by atoms with Crippen LogP contribution < -0.4 is 5.73 Å². The molecule has 1 aromatic heterocycles. The summed E-state index contributed by atoms with van der Waals surface area (Å²) in [7, 11) is 1.95. The van der Waals surface area contributed by atoms with Crippen molar-refractivity contribution < 1.29 is 0 Å². The Balaban J connectivity index is 2.34. The SMILES string of the molecule is Cc1cc(C)cc(Cc2nc(N)n(C)c2C)c1. The molecule has 0 aliphatic carbocycles. The standard InChI is InChI=1S/C14H19N3/c1-9-5-10(2)7-12(6-9)8-13-11(3)17(4)14(15)16-13/h5-7H,8H2,1-4H3,(H2,15,16). The van der Waals surface area contributed by atoms with Gasteiger partial charge < -0.3 is 10.3 Å². The van der Waals surface area contributed by atoms with Gasteiger partial charge in [0.05, 0.1) is 5.69 Å². The molecule has 0 unspecified atom stereocenters. The van der Waals surface area contributed by atoms with Gasteiger partial charge in [-0.2, -0.15) is 0 Å². The molecule has 0 aliphatic rings. The zero-order valence-electron chi connectivity index (χ0n) is 10.9. The highest BCUT2D eigenvalue weighted by Crippen LogP contribution is 2.17. The maximum absolute atomic E-state index is 5.81. The van der Waals surface area contributed by atoms with Crippen LogP contribution in [0.4, 0.5) is 5.95 Å². The molecule has 2 aromatic rings. The number of rotatable bonds is 2. The monoisotopic (exact) mass is 229 g/mol. The number of aromatic nitrogens is 2. The summed E-state index contributed by atoms with van der Waals surface area (Å²) >= 11 is 0. The molecule has 0 spiro atoms. The van der Waals surface area contributed by atoms with E-state index in [2.05, 4.69) is 44.0 Å². The summed E-state index contributed by atoms with van der Waals surface area (Å²) in [5.74, 6) is 0.585. The second-order valence-corrected chi connectivity index (χ2v) is 4.73. The van der Waals surface area contributed by atoms with Crippen molar-refractivity contribution in [2.24, 2.45) is 7.05 Å². The average Bonchev–Trinajstić information content (AvgIpc) is 2.45. The van der Waals surface area contributed by atoms with Crippen molar-refractivity contribution in [1.82, 2.24) is 9.55 Å². The molecule has 0 saturated heterocycles. The van der Waals surface area contributed by atoms with Crippen LogP contribution in [-0.4, -0.2) is 9.55 Å². The Hall–Kier alpha value is -1.77. The Morgan fingerprint density at radius 2 is 1.71 bits per heavy atom. The van der Waals surface area contributed by atoms with Crippen molar-refractivity contribution in [3.8, 4) is 0 Å². The third kappa shape index (κ3) is 2.33. The minimum absolute atomic E-state index is 0.585. The van der Waals surface area contributed by atoms with Crippen molar-refractivity contribution in [2.75, 3.05) is 5.73 Å². The lowest BCUT2D eigenvalue weighted by Gasteiger charge is -2.04. The highest BCUT2D eigenvalue weighted by atomic mass is 15.1. The lowest BCUT2D eigenvalue weighted by molar-refractivity contribution is 0.881. The van der Waals surface area contributed by atoms with Gasteiger partial charge in [-0.1, -0.05) is 29.3 Å². The van der Waals surface area contributed by atoms with Crippen molar-refractivity contribution in [3.63, 3.8) is 0 Å². The maximum Gasteiger partial charge on any atom is 0.200 e. The molecule has 0 fully saturated rings. The van der Waals surface area contributed by atoms with E-state index in [1.54, 1.807) is 0 Å². The summed E-state index contributed by atoms with van der Waals surface area (Å²) in [6, 6.07) is 6.60. The Labute approximate surface area is 102 Å². The zero-order chi connectivity index (χ0) is 12.6. The Kier molecular flexibility index (Phi) is 2.92. The van der Waals surface area contributed by atoms with Crippen LogP contribution in [0.15, 0.2) is 18.2 Å². The fourth-order valence-electron chi connectivity index (χ4n) is 2.19. The van der Waals surface area contributed by atoms with Gasteiger partial charge in [0, 0.05) is 19.2 Å². The molecule has 3 nitrogen and oxygen atoms in total. The summed E-state index contributed by atoms with van der Waals surface area (Å²) in [6.45, 7) is 6.30. The van der Waals surface area contributed by atoms with Crippen LogP contribution in [0.2, 0.25) is 0 Å². The molecule has 0 atom stereocenters. The van der Waals surface area contributed by atoms with Gasteiger partial charge in [-0.3, -0.25) is 0 Å². The van der Waals surface area contributed by atoms with E-state index < -0.39 is 0 Å². The van der Waals surface area contributed by atoms with E-state index in [0.717, 1.165) is 17.8 Å². The van der Waals surface area contributed by atoms with Crippen LogP contribution in [0.1, 0.15) is 28.1 Å². The molecule has 1 aromatic carbocycles. The zero-order valence-corrected chi connectivity index (χ0v) is 10.9. The van der Waals surface area contributed by atoms with Crippen LogP contribution in [0.25, 0.3) is 0 Å². The van der Waals surface area contributed by atoms with Crippen molar-refractivity contribution in [2.45, 2.75) is 27.2 Å². The van der Waals surface area contributed by atoms with Gasteiger partial charge in [0.2, 0.25) is 0 Å². The van der Waals surface area contributed by atoms with E-state index in [0.29, 0.717) is 5.95 Å². The third-order valence-electron chi connectivity index (χ3n) is 3.17. The lowest BCUT2D eigenvalue weighted by Crippen LogP contribution is -1.98. The van der Waals surface area contributed by atoms with Crippen LogP contribution >= 0.6 is 0 Å². The van der Waals surface area contributed by atoms with Crippen molar-refractivity contribution in [3.05, 3.63) is 46.3 Å². The predicted octanol–water partition coefficient (Wildman–Crippen LogP) is 2.52. The highest BCUT2D eigenvalue weighted by molar-refractivity contribution is 5.35. The fraction of sp³-hybridized carbons (Fsp3) is 0.357. The summed E-state index contributed by atoms with van der Waals surface area (Å²) < 4.78 is 1.93. The van der Waals surface area contributed by atoms with Crippen molar-refractivity contribution >= 4 is 5.95 Å². The van der Waals surface area contributed by atoms with Gasteiger partial charge in [0.1, 0.15) is 0 Å². The van der Waals surface area contributed by atoms with Crippen LogP contribution in [0.3, 0.4) is 0 Å². The average molecular weight is 229 g/mol. The fourth-order valence-corrected chi connectivity index (χ4v) is 2.19. The largest absolute Gasteiger partial charge is 0.369 e. The first kappa shape index (κ1) is 11.7. The van der Waals surface area contributed by atoms with E-state index in [9.17, 15) is 0 Å². The van der Waals surface area contributed by atoms with Crippen LogP contribution in [-0.2, 0) is 13.5 Å². The normalized spacial score (nSPS) is 10.8. The number of aryl methyl sites for hydroxylation is 2. The minimum Gasteiger partial charge on any atom is -0.369 e. The Bertz CT molecular complexity index is 533. The number of hydrogen-bond donors (Lipinski definition) is 1. The second kappa shape index (κ2) is 4.24. The molecule has 1 heterocycles. The Morgan fingerprint density at radius 3 is 2.18 bits per heavy atom. The molecular weight excluding hydrogens is 210 g/mol. The number of nitrogens with zero attached hydrogens (tertiary/aromatic N) is 2. The first-order valence-corrected chi connectivity index (χ1v) is 5.82. The smallest absolute Gasteiger partial charge is 0.200 e. The van der Waals surface area contributed by atoms with Crippen molar-refractivity contribution in [1.29, 1.82) is 0 Å². The molecular formula is C14H19N3. The summed E-state index contributed by atoms with van der Waals surface area (Å²) in [4.78, 5) is 4.41. The highest BCUT2D eigenvalue weighted by Gasteiger charge is 2.09. The number of imidazole rings is 1. The van der Waals surface area contributed by atoms with E-state index in [1.165, 1.54) is 16.7 Å². The minimum atomic E-state index is 0.585. The van der Waals surface area contributed by atoms with Gasteiger partial charge in [0.15, 0.2) is 5.95 Å². The Morgan fingerprint density at radius 1 is 1.12 bits per heavy atom. The molecule has 0 saturated carbocycles. The number of nitrogen functional groups attached to an aromatic ring is 1. The van der Waals surface area contributed by atoms with E-state index in [1.807, 2.05) is 11.6 Å². The molecule has 90 valence electrons. The van der Waals surface area contributed by atoms with Gasteiger partial charge >= 0.3 is 0 Å². The van der Waals surface area contributed by atoms with Gasteiger partial charge in [-0.15, -0.1) is 0 Å². The predicted molar refractivity (Wildman–Crippen MR) is 71.1 cm³/mol. The summed E-state index contributed by atoms with van der Waals surface area (Å²) in [5.41, 5.74) is 11.9. The van der Waals surface area contributed by atoms with Crippen LogP contribution in [0.5, 0.6) is 0 Å². The number of benzene rings is 1. The second-order valence-electron chi connectivity index (χ2n) is 4.73. The van der Waals surface area contributed by atoms with Gasteiger partial charge in [-0.25, -0.2) is 4.98 Å². The topological polar surface area (TPSA) is 43.8 Å². The summed E-state index contributed by atoms with van der Waals surface area (Å²) in [6.07, 6.45) is 0.847. The lowest BCUT2D eigenvalue weighted by atomic mass is 10.0. The first-order valence-electron chi connectivity index (χ1n) is 5.82. The number of anilines is 1. The number of hydrogen-bond acceptors (Lipinski definition) is 2. The molecule has 0 bridgehead atoms. The van der Waals surface area contributed by atoms with Gasteiger partial charge in [0.25, 0.3) is 0 Å². The molecule has 0 amide bonds.